The molecule has 8 nitrogen and oxygen atoms in total. The minimum Gasteiger partial charge on any atom is -0.508 e. The van der Waals surface area contributed by atoms with Crippen molar-refractivity contribution in [3.05, 3.63) is 47.6 Å². The molecule has 1 saturated heterocycles. The maximum atomic E-state index is 12.7. The van der Waals surface area contributed by atoms with Crippen molar-refractivity contribution in [1.29, 1.82) is 0 Å². The molecule has 1 atom stereocenters. The molecule has 0 aliphatic carbocycles. The van der Waals surface area contributed by atoms with Crippen molar-refractivity contribution >= 4 is 17.6 Å². The van der Waals surface area contributed by atoms with Crippen LogP contribution in [0.1, 0.15) is 67.8 Å². The number of phenols is 2. The van der Waals surface area contributed by atoms with Gasteiger partial charge in [-0.25, -0.2) is 4.79 Å². The van der Waals surface area contributed by atoms with Crippen LogP contribution in [0.4, 0.5) is 0 Å². The van der Waals surface area contributed by atoms with E-state index in [1.54, 1.807) is 6.08 Å². The topological polar surface area (TPSA) is 109 Å². The van der Waals surface area contributed by atoms with Crippen molar-refractivity contribution in [1.82, 2.24) is 4.90 Å². The zero-order valence-corrected chi connectivity index (χ0v) is 19.7. The number of likely N-dealkylation sites (tertiary alicyclic amines) is 1. The predicted octanol–water partition coefficient (Wildman–Crippen LogP) is 4.26. The number of rotatable bonds is 4. The Balaban J connectivity index is 1.80. The van der Waals surface area contributed by atoms with Crippen LogP contribution in [-0.4, -0.2) is 58.5 Å². The molecule has 8 heteroatoms. The molecule has 2 N–H and O–H groups in total. The van der Waals surface area contributed by atoms with Gasteiger partial charge in [0, 0.05) is 25.1 Å². The van der Waals surface area contributed by atoms with Crippen LogP contribution in [0.15, 0.2) is 41.6 Å². The van der Waals surface area contributed by atoms with Gasteiger partial charge in [-0.1, -0.05) is 30.3 Å². The average molecular weight is 471 g/mol. The number of oxime groups is 1. The number of hydrogen-bond acceptors (Lipinski definition) is 7. The van der Waals surface area contributed by atoms with Crippen LogP contribution in [-0.2, 0) is 20.8 Å². The Morgan fingerprint density at radius 3 is 2.79 bits per heavy atom. The van der Waals surface area contributed by atoms with Crippen LogP contribution in [0, 0.1) is 0 Å². The maximum Gasteiger partial charge on any atom is 0.342 e. The molecule has 1 aromatic carbocycles. The summed E-state index contributed by atoms with van der Waals surface area (Å²) < 4.78 is 5.30. The molecular weight excluding hydrogens is 436 g/mol. The minimum atomic E-state index is -0.673. The molecule has 2 aliphatic rings. The van der Waals surface area contributed by atoms with Crippen molar-refractivity contribution in [3.8, 4) is 11.5 Å². The minimum absolute atomic E-state index is 0.0184. The lowest BCUT2D eigenvalue weighted by molar-refractivity contribution is -0.139. The third kappa shape index (κ3) is 7.10. The largest absolute Gasteiger partial charge is 0.508 e. The van der Waals surface area contributed by atoms with Gasteiger partial charge < -0.3 is 24.7 Å². The van der Waals surface area contributed by atoms with Crippen LogP contribution < -0.4 is 0 Å². The number of nitrogens with zero attached hydrogens (tertiary/aromatic N) is 2. The molecule has 184 valence electrons. The molecular formula is C26H34N2O6. The molecule has 2 heterocycles. The zero-order valence-electron chi connectivity index (χ0n) is 19.7. The third-order valence-corrected chi connectivity index (χ3v) is 6.04. The Hall–Kier alpha value is -3.29. The molecule has 0 radical (unpaired) electrons. The van der Waals surface area contributed by atoms with Gasteiger partial charge in [-0.05, 0) is 62.7 Å². The molecule has 0 saturated carbocycles. The van der Waals surface area contributed by atoms with Gasteiger partial charge in [0.05, 0.1) is 12.3 Å². The molecule has 1 aromatic rings. The van der Waals surface area contributed by atoms with E-state index in [1.807, 2.05) is 23.1 Å². The van der Waals surface area contributed by atoms with Gasteiger partial charge in [-0.2, -0.15) is 0 Å². The number of piperidine rings is 1. The number of phenolic OH excluding ortho intramolecular Hbond substituents is 2. The Labute approximate surface area is 200 Å². The standard InChI is InChI=1S/C26H34N2O6/c1-2-21-12-8-9-13-28(21)24(31)18-34-27-20-11-7-5-3-4-6-10-14-33-26(32)25-19(15-20)16-22(29)17-23(25)30/h4,6-7,11,16-17,21,29-30H,2-3,5,8-10,12-15,18H2,1H3/b6-4+,11-7+,27-20?. The van der Waals surface area contributed by atoms with Crippen LogP contribution >= 0.6 is 0 Å². The lowest BCUT2D eigenvalue weighted by Crippen LogP contribution is -2.44. The first-order valence-electron chi connectivity index (χ1n) is 12.0. The number of amides is 1. The number of ether oxygens (including phenoxy) is 1. The molecule has 3 rings (SSSR count). The number of hydrogen-bond donors (Lipinski definition) is 2. The summed E-state index contributed by atoms with van der Waals surface area (Å²) in [7, 11) is 0. The van der Waals surface area contributed by atoms with E-state index in [9.17, 15) is 19.8 Å². The summed E-state index contributed by atoms with van der Waals surface area (Å²) in [5.41, 5.74) is 0.796. The number of carbonyl (C=O) groups is 2. The van der Waals surface area contributed by atoms with E-state index < -0.39 is 5.97 Å². The fraction of sp³-hybridized carbons (Fsp3) is 0.500. The summed E-state index contributed by atoms with van der Waals surface area (Å²) in [6.45, 7) is 2.83. The van der Waals surface area contributed by atoms with Gasteiger partial charge in [-0.15, -0.1) is 0 Å². The first kappa shape index (κ1) is 25.3. The number of fused-ring (bicyclic) bond motifs is 1. The maximum absolute atomic E-state index is 12.7. The van der Waals surface area contributed by atoms with E-state index in [0.29, 0.717) is 17.7 Å². The number of benzene rings is 1. The number of aromatic hydroxyl groups is 2. The molecule has 1 unspecified atom stereocenters. The van der Waals surface area contributed by atoms with E-state index in [1.165, 1.54) is 6.07 Å². The van der Waals surface area contributed by atoms with Gasteiger partial charge in [0.15, 0.2) is 6.61 Å². The number of esters is 1. The Morgan fingerprint density at radius 1 is 1.18 bits per heavy atom. The fourth-order valence-corrected chi connectivity index (χ4v) is 4.31. The Bertz CT molecular complexity index is 953. The van der Waals surface area contributed by atoms with Gasteiger partial charge >= 0.3 is 5.97 Å². The summed E-state index contributed by atoms with van der Waals surface area (Å²) in [4.78, 5) is 32.6. The van der Waals surface area contributed by atoms with E-state index in [4.69, 9.17) is 9.57 Å². The van der Waals surface area contributed by atoms with Crippen molar-refractivity contribution in [3.63, 3.8) is 0 Å². The molecule has 1 amide bonds. The molecule has 0 bridgehead atoms. The second-order valence-electron chi connectivity index (χ2n) is 8.55. The van der Waals surface area contributed by atoms with Crippen LogP contribution in [0.25, 0.3) is 0 Å². The predicted molar refractivity (Wildman–Crippen MR) is 129 cm³/mol. The first-order chi connectivity index (χ1) is 16.5. The summed E-state index contributed by atoms with van der Waals surface area (Å²) in [6, 6.07) is 2.74. The van der Waals surface area contributed by atoms with Gasteiger partial charge in [0.2, 0.25) is 0 Å². The lowest BCUT2D eigenvalue weighted by atomic mass is 9.99. The number of cyclic esters (lactones) is 1. The lowest BCUT2D eigenvalue weighted by Gasteiger charge is -2.34. The highest BCUT2D eigenvalue weighted by molar-refractivity contribution is 6.00. The highest BCUT2D eigenvalue weighted by Crippen LogP contribution is 2.29. The van der Waals surface area contributed by atoms with Crippen LogP contribution in [0.3, 0.4) is 0 Å². The van der Waals surface area contributed by atoms with E-state index >= 15 is 0 Å². The van der Waals surface area contributed by atoms with E-state index in [2.05, 4.69) is 12.1 Å². The SMILES string of the molecule is CCC1CCCCN1C(=O)CON=C1/C=C/CC/C=C/CCOC(=O)c2c(O)cc(O)cc2C1. The molecule has 2 aliphatic heterocycles. The third-order valence-electron chi connectivity index (χ3n) is 6.04. The highest BCUT2D eigenvalue weighted by atomic mass is 16.6. The first-order valence-corrected chi connectivity index (χ1v) is 12.0. The Morgan fingerprint density at radius 2 is 1.97 bits per heavy atom. The van der Waals surface area contributed by atoms with Gasteiger partial charge in [-0.3, -0.25) is 4.79 Å². The molecule has 1 fully saturated rings. The summed E-state index contributed by atoms with van der Waals surface area (Å²) in [5, 5.41) is 24.5. The molecule has 0 aromatic heterocycles. The second-order valence-corrected chi connectivity index (χ2v) is 8.55. The van der Waals surface area contributed by atoms with Crippen molar-refractivity contribution in [2.24, 2.45) is 5.16 Å². The van der Waals surface area contributed by atoms with Gasteiger partial charge in [0.25, 0.3) is 5.91 Å². The van der Waals surface area contributed by atoms with Gasteiger partial charge in [0.1, 0.15) is 17.1 Å². The van der Waals surface area contributed by atoms with Crippen molar-refractivity contribution in [2.45, 2.75) is 64.3 Å². The zero-order chi connectivity index (χ0) is 24.3. The monoisotopic (exact) mass is 470 g/mol. The average Bonchev–Trinajstić information content (AvgIpc) is 2.81. The second kappa shape index (κ2) is 12.8. The molecule has 0 spiro atoms. The summed E-state index contributed by atoms with van der Waals surface area (Å²) in [5.74, 6) is -1.31. The smallest absolute Gasteiger partial charge is 0.342 e. The van der Waals surface area contributed by atoms with Crippen LogP contribution in [0.5, 0.6) is 11.5 Å². The Kier molecular flexibility index (Phi) is 9.55. The fourth-order valence-electron chi connectivity index (χ4n) is 4.31. The quantitative estimate of drug-likeness (QED) is 0.387. The number of allylic oxidation sites excluding steroid dienone is 3. The number of carbonyl (C=O) groups excluding carboxylic acids is 2. The van der Waals surface area contributed by atoms with Crippen molar-refractivity contribution in [2.75, 3.05) is 19.8 Å². The van der Waals surface area contributed by atoms with Crippen molar-refractivity contribution < 1.29 is 29.4 Å². The normalized spacial score (nSPS) is 22.9. The highest BCUT2D eigenvalue weighted by Gasteiger charge is 2.25. The van der Waals surface area contributed by atoms with E-state index in [0.717, 1.165) is 51.1 Å². The van der Waals surface area contributed by atoms with E-state index in [-0.39, 0.29) is 48.6 Å². The summed E-state index contributed by atoms with van der Waals surface area (Å²) in [6.07, 6.45) is 14.0. The summed E-state index contributed by atoms with van der Waals surface area (Å²) >= 11 is 0. The van der Waals surface area contributed by atoms with Crippen LogP contribution in [0.2, 0.25) is 0 Å². The molecule has 34 heavy (non-hydrogen) atoms.